The molecule has 1 aromatic heterocycles. The van der Waals surface area contributed by atoms with Crippen molar-refractivity contribution in [2.45, 2.75) is 32.7 Å². The number of hydrazone groups is 1. The second kappa shape index (κ2) is 6.67. The molecule has 1 amide bonds. The van der Waals surface area contributed by atoms with Crippen molar-refractivity contribution in [1.29, 1.82) is 0 Å². The lowest BCUT2D eigenvalue weighted by atomic mass is 9.97. The normalized spacial score (nSPS) is 16.8. The van der Waals surface area contributed by atoms with E-state index in [1.165, 1.54) is 5.56 Å². The van der Waals surface area contributed by atoms with Gasteiger partial charge in [0.1, 0.15) is 0 Å². The van der Waals surface area contributed by atoms with Gasteiger partial charge in [0.15, 0.2) is 0 Å². The molecule has 0 bridgehead atoms. The maximum absolute atomic E-state index is 12.5. The van der Waals surface area contributed by atoms with Gasteiger partial charge in [0.25, 0.3) is 0 Å². The average Bonchev–Trinajstić information content (AvgIpc) is 3.12. The van der Waals surface area contributed by atoms with Gasteiger partial charge in [-0.3, -0.25) is 14.8 Å². The van der Waals surface area contributed by atoms with Gasteiger partial charge in [-0.25, -0.2) is 5.01 Å². The van der Waals surface area contributed by atoms with E-state index in [-0.39, 0.29) is 11.9 Å². The molecule has 0 aliphatic carbocycles. The van der Waals surface area contributed by atoms with Crippen molar-refractivity contribution in [2.75, 3.05) is 0 Å². The Kier molecular flexibility index (Phi) is 4.21. The van der Waals surface area contributed by atoms with E-state index in [1.54, 1.807) is 17.4 Å². The quantitative estimate of drug-likeness (QED) is 0.721. The Bertz CT molecular complexity index is 1010. The Labute approximate surface area is 152 Å². The number of fused-ring (bicyclic) bond motifs is 1. The van der Waals surface area contributed by atoms with Crippen molar-refractivity contribution in [1.82, 2.24) is 15.0 Å². The molecule has 26 heavy (non-hydrogen) atoms. The molecule has 1 atom stereocenters. The molecule has 0 unspecified atom stereocenters. The largest absolute Gasteiger partial charge is 0.273 e. The van der Waals surface area contributed by atoms with Gasteiger partial charge in [-0.15, -0.1) is 0 Å². The van der Waals surface area contributed by atoms with Crippen LogP contribution in [0.1, 0.15) is 42.5 Å². The topological polar surface area (TPSA) is 58.5 Å². The zero-order chi connectivity index (χ0) is 18.1. The lowest BCUT2D eigenvalue weighted by molar-refractivity contribution is -0.132. The monoisotopic (exact) mass is 344 g/mol. The van der Waals surface area contributed by atoms with Gasteiger partial charge in [-0.2, -0.15) is 5.10 Å². The predicted molar refractivity (Wildman–Crippen MR) is 102 cm³/mol. The third-order valence-corrected chi connectivity index (χ3v) is 4.70. The summed E-state index contributed by atoms with van der Waals surface area (Å²) in [6, 6.07) is 14.1. The fourth-order valence-electron chi connectivity index (χ4n) is 3.35. The standard InChI is InChI=1S/C21H20N4O/c1-3-21(26)25-20(13-18(24-25)15-6-4-5-14(2)11-15)16-7-8-17-19(12-16)23-10-9-22-17/h4-12,20H,3,13H2,1-2H3/t20-/m1/s1. The van der Waals surface area contributed by atoms with Crippen molar-refractivity contribution < 1.29 is 4.79 Å². The molecule has 0 radical (unpaired) electrons. The summed E-state index contributed by atoms with van der Waals surface area (Å²) in [5.41, 5.74) is 5.91. The molecule has 1 aliphatic heterocycles. The minimum atomic E-state index is -0.107. The molecule has 0 N–H and O–H groups in total. The van der Waals surface area contributed by atoms with E-state index in [9.17, 15) is 4.79 Å². The second-order valence-electron chi connectivity index (χ2n) is 6.53. The SMILES string of the molecule is CCC(=O)N1N=C(c2cccc(C)c2)C[C@@H]1c1ccc2nccnc2c1. The molecule has 130 valence electrons. The van der Waals surface area contributed by atoms with Gasteiger partial charge in [-0.1, -0.05) is 42.8 Å². The van der Waals surface area contributed by atoms with Crippen LogP contribution in [-0.4, -0.2) is 26.6 Å². The number of carbonyl (C=O) groups is 1. The highest BCUT2D eigenvalue weighted by molar-refractivity contribution is 6.03. The van der Waals surface area contributed by atoms with Crippen molar-refractivity contribution >= 4 is 22.7 Å². The van der Waals surface area contributed by atoms with Crippen molar-refractivity contribution in [3.63, 3.8) is 0 Å². The molecule has 5 heteroatoms. The molecule has 0 saturated carbocycles. The second-order valence-corrected chi connectivity index (χ2v) is 6.53. The molecule has 3 aromatic rings. The van der Waals surface area contributed by atoms with Gasteiger partial charge < -0.3 is 0 Å². The summed E-state index contributed by atoms with van der Waals surface area (Å²) in [4.78, 5) is 21.2. The van der Waals surface area contributed by atoms with Crippen LogP contribution in [0.2, 0.25) is 0 Å². The molecular formula is C21H20N4O. The number of aromatic nitrogens is 2. The van der Waals surface area contributed by atoms with Gasteiger partial charge in [0.05, 0.1) is 22.8 Å². The molecule has 2 aromatic carbocycles. The lowest BCUT2D eigenvalue weighted by Crippen LogP contribution is -2.26. The number of nitrogens with zero attached hydrogens (tertiary/aromatic N) is 4. The number of hydrogen-bond donors (Lipinski definition) is 0. The van der Waals surface area contributed by atoms with E-state index in [2.05, 4.69) is 40.2 Å². The smallest absolute Gasteiger partial charge is 0.242 e. The minimum absolute atomic E-state index is 0.0249. The predicted octanol–water partition coefficient (Wildman–Crippen LogP) is 4.03. The number of aryl methyl sites for hydroxylation is 1. The molecule has 0 fully saturated rings. The fraction of sp³-hybridized carbons (Fsp3) is 0.238. The highest BCUT2D eigenvalue weighted by Crippen LogP contribution is 2.34. The van der Waals surface area contributed by atoms with Crippen LogP contribution in [0.15, 0.2) is 60.0 Å². The van der Waals surface area contributed by atoms with Crippen molar-refractivity contribution in [3.8, 4) is 0 Å². The lowest BCUT2D eigenvalue weighted by Gasteiger charge is -2.21. The van der Waals surface area contributed by atoms with Crippen LogP contribution in [0.5, 0.6) is 0 Å². The summed E-state index contributed by atoms with van der Waals surface area (Å²) in [6.45, 7) is 3.93. The summed E-state index contributed by atoms with van der Waals surface area (Å²) < 4.78 is 0. The molecule has 0 spiro atoms. The van der Waals surface area contributed by atoms with Crippen LogP contribution in [-0.2, 0) is 4.79 Å². The molecular weight excluding hydrogens is 324 g/mol. The fourth-order valence-corrected chi connectivity index (χ4v) is 3.35. The summed E-state index contributed by atoms with van der Waals surface area (Å²) in [5.74, 6) is 0.0249. The van der Waals surface area contributed by atoms with Gasteiger partial charge in [0, 0.05) is 25.2 Å². The molecule has 5 nitrogen and oxygen atoms in total. The zero-order valence-electron chi connectivity index (χ0n) is 14.9. The van der Waals surface area contributed by atoms with Crippen LogP contribution in [0.4, 0.5) is 0 Å². The number of amides is 1. The van der Waals surface area contributed by atoms with E-state index >= 15 is 0 Å². The summed E-state index contributed by atoms with van der Waals surface area (Å²) in [7, 11) is 0. The molecule has 0 saturated heterocycles. The molecule has 4 rings (SSSR count). The minimum Gasteiger partial charge on any atom is -0.273 e. The van der Waals surface area contributed by atoms with Crippen molar-refractivity contribution in [2.24, 2.45) is 5.10 Å². The van der Waals surface area contributed by atoms with Crippen LogP contribution >= 0.6 is 0 Å². The Morgan fingerprint density at radius 3 is 2.69 bits per heavy atom. The van der Waals surface area contributed by atoms with E-state index in [0.29, 0.717) is 12.8 Å². The van der Waals surface area contributed by atoms with Crippen LogP contribution in [0.3, 0.4) is 0 Å². The first-order chi connectivity index (χ1) is 12.7. The summed E-state index contributed by atoms with van der Waals surface area (Å²) in [5, 5.41) is 6.31. The van der Waals surface area contributed by atoms with Gasteiger partial charge >= 0.3 is 0 Å². The Morgan fingerprint density at radius 1 is 1.12 bits per heavy atom. The van der Waals surface area contributed by atoms with E-state index in [0.717, 1.165) is 27.9 Å². The van der Waals surface area contributed by atoms with Crippen molar-refractivity contribution in [3.05, 3.63) is 71.5 Å². The highest BCUT2D eigenvalue weighted by atomic mass is 16.2. The van der Waals surface area contributed by atoms with E-state index in [4.69, 9.17) is 0 Å². The summed E-state index contributed by atoms with van der Waals surface area (Å²) >= 11 is 0. The zero-order valence-corrected chi connectivity index (χ0v) is 14.9. The first-order valence-electron chi connectivity index (χ1n) is 8.83. The van der Waals surface area contributed by atoms with Gasteiger partial charge in [0.2, 0.25) is 5.91 Å². The first kappa shape index (κ1) is 16.4. The average molecular weight is 344 g/mol. The highest BCUT2D eigenvalue weighted by Gasteiger charge is 2.32. The third kappa shape index (κ3) is 2.96. The number of hydrogen-bond acceptors (Lipinski definition) is 4. The number of rotatable bonds is 3. The number of benzene rings is 2. The van der Waals surface area contributed by atoms with Crippen LogP contribution in [0.25, 0.3) is 11.0 Å². The Hall–Kier alpha value is -3.08. The summed E-state index contributed by atoms with van der Waals surface area (Å²) in [6.07, 6.45) is 4.49. The Morgan fingerprint density at radius 2 is 1.92 bits per heavy atom. The van der Waals surface area contributed by atoms with E-state index < -0.39 is 0 Å². The van der Waals surface area contributed by atoms with Crippen LogP contribution in [0, 0.1) is 6.92 Å². The molecule has 1 aliphatic rings. The van der Waals surface area contributed by atoms with Gasteiger partial charge in [-0.05, 0) is 30.2 Å². The maximum atomic E-state index is 12.5. The van der Waals surface area contributed by atoms with Crippen LogP contribution < -0.4 is 0 Å². The Balaban J connectivity index is 1.73. The first-order valence-corrected chi connectivity index (χ1v) is 8.83. The van der Waals surface area contributed by atoms with E-state index in [1.807, 2.05) is 31.2 Å². The number of carbonyl (C=O) groups excluding carboxylic acids is 1. The third-order valence-electron chi connectivity index (χ3n) is 4.70. The molecule has 2 heterocycles. The maximum Gasteiger partial charge on any atom is 0.242 e.